The molecule has 0 spiro atoms. The molecule has 0 N–H and O–H groups in total. The fraction of sp³-hybridized carbons (Fsp3) is 0.515. The van der Waals surface area contributed by atoms with E-state index in [0.717, 1.165) is 19.2 Å². The van der Waals surface area contributed by atoms with Gasteiger partial charge in [0.25, 0.3) is 0 Å². The number of nitrogens with zero attached hydrogens (tertiary/aromatic N) is 3. The van der Waals surface area contributed by atoms with Crippen LogP contribution in [-0.2, 0) is 23.8 Å². The first kappa shape index (κ1) is 33.3. The first-order chi connectivity index (χ1) is 21.6. The Bertz CT molecular complexity index is 1530. The molecule has 1 aromatic carbocycles. The quantitative estimate of drug-likeness (QED) is 0.143. The summed E-state index contributed by atoms with van der Waals surface area (Å²) in [6.45, 7) is 3.86. The maximum atomic E-state index is 15.7. The van der Waals surface area contributed by atoms with Gasteiger partial charge in [-0.1, -0.05) is 0 Å². The van der Waals surface area contributed by atoms with Crippen LogP contribution < -0.4 is 15.1 Å². The molecule has 2 aromatic rings. The van der Waals surface area contributed by atoms with Gasteiger partial charge >= 0.3 is 17.9 Å². The number of ether oxygens (including phenoxy) is 4. The Balaban J connectivity index is 1.60. The Hall–Kier alpha value is -4.55. The number of rotatable bonds is 13. The summed E-state index contributed by atoms with van der Waals surface area (Å²) in [7, 11) is 2.00. The van der Waals surface area contributed by atoms with Crippen LogP contribution >= 0.6 is 0 Å². The molecule has 0 bridgehead atoms. The molecule has 11 nitrogen and oxygen atoms in total. The van der Waals surface area contributed by atoms with Gasteiger partial charge in [0, 0.05) is 58.1 Å². The molecular formula is C33H38FN3O8. The van der Waals surface area contributed by atoms with E-state index in [1.807, 2.05) is 18.9 Å². The van der Waals surface area contributed by atoms with Crippen LogP contribution in [0.3, 0.4) is 0 Å². The Morgan fingerprint density at radius 1 is 1.04 bits per heavy atom. The largest absolute Gasteiger partial charge is 0.487 e. The van der Waals surface area contributed by atoms with Gasteiger partial charge in [0.05, 0.1) is 16.9 Å². The highest BCUT2D eigenvalue weighted by Gasteiger charge is 2.32. The van der Waals surface area contributed by atoms with Crippen LogP contribution in [0.1, 0.15) is 61.8 Å². The number of carbonyl (C=O) groups excluding carboxylic acids is 3. The molecule has 0 aliphatic carbocycles. The molecule has 45 heavy (non-hydrogen) atoms. The fourth-order valence-corrected chi connectivity index (χ4v) is 5.20. The van der Waals surface area contributed by atoms with E-state index in [-0.39, 0.29) is 42.2 Å². The molecule has 4 rings (SSSR count). The number of likely N-dealkylation sites (N-methyl/N-ethyl adjacent to an activating group) is 1. The number of esters is 3. The van der Waals surface area contributed by atoms with Crippen molar-refractivity contribution in [3.63, 3.8) is 0 Å². The number of halogens is 1. The number of terminal acetylenes is 2. The number of pyridine rings is 1. The zero-order valence-electron chi connectivity index (χ0n) is 25.6. The van der Waals surface area contributed by atoms with Crippen LogP contribution in [0.15, 0.2) is 17.1 Å². The van der Waals surface area contributed by atoms with E-state index in [9.17, 15) is 19.2 Å². The van der Waals surface area contributed by atoms with Gasteiger partial charge in [-0.25, -0.2) is 9.18 Å². The molecule has 0 radical (unpaired) electrons. The summed E-state index contributed by atoms with van der Waals surface area (Å²) in [5.74, 6) is 2.32. The summed E-state index contributed by atoms with van der Waals surface area (Å²) in [6, 6.07) is 0.846. The summed E-state index contributed by atoms with van der Waals surface area (Å²) in [5, 5.41) is -0.0298. The van der Waals surface area contributed by atoms with Crippen molar-refractivity contribution in [1.29, 1.82) is 0 Å². The molecule has 2 aliphatic rings. The van der Waals surface area contributed by atoms with Crippen molar-refractivity contribution < 1.29 is 37.7 Å². The Morgan fingerprint density at radius 3 is 2.22 bits per heavy atom. The van der Waals surface area contributed by atoms with Crippen molar-refractivity contribution in [3.8, 4) is 30.4 Å². The number of aromatic nitrogens is 1. The lowest BCUT2D eigenvalue weighted by Crippen LogP contribution is -2.45. The topological polar surface area (TPSA) is 117 Å². The van der Waals surface area contributed by atoms with Crippen LogP contribution in [-0.4, -0.2) is 86.5 Å². The van der Waals surface area contributed by atoms with Crippen molar-refractivity contribution in [2.45, 2.75) is 57.6 Å². The van der Waals surface area contributed by atoms with Crippen LogP contribution in [0.2, 0.25) is 0 Å². The lowest BCUT2D eigenvalue weighted by Gasteiger charge is -2.37. The normalized spacial score (nSPS) is 16.0. The summed E-state index contributed by atoms with van der Waals surface area (Å²) in [4.78, 5) is 55.5. The highest BCUT2D eigenvalue weighted by Crippen LogP contribution is 2.42. The average molecular weight is 624 g/mol. The Kier molecular flexibility index (Phi) is 11.4. The van der Waals surface area contributed by atoms with Crippen LogP contribution in [0.25, 0.3) is 10.9 Å². The van der Waals surface area contributed by atoms with E-state index in [2.05, 4.69) is 16.7 Å². The predicted molar refractivity (Wildman–Crippen MR) is 165 cm³/mol. The standard InChI is InChI=1S/C33H38FN3O8/c1-5-7-9-11-27(38)42-20-23(21-43-28(39)12-10-8-6-2)45-33(41)25-18-37-22(3)19-44-32-29(37)24(31(25)40)17-26(34)30(32)36-15-13-35(4)14-16-36/h1-2,17-18,22-23H,7-16,19-21H2,3-4H3/t22-/m0/s1. The smallest absolute Gasteiger partial charge is 0.344 e. The van der Waals surface area contributed by atoms with E-state index in [1.165, 1.54) is 6.20 Å². The molecule has 1 fully saturated rings. The number of benzene rings is 1. The van der Waals surface area contributed by atoms with Gasteiger partial charge in [-0.2, -0.15) is 0 Å². The summed E-state index contributed by atoms with van der Waals surface area (Å²) in [6.07, 6.45) is 12.3. The van der Waals surface area contributed by atoms with Crippen molar-refractivity contribution in [1.82, 2.24) is 9.47 Å². The highest BCUT2D eigenvalue weighted by atomic mass is 19.1. The maximum absolute atomic E-state index is 15.7. The number of hydrogen-bond donors (Lipinski definition) is 0. The summed E-state index contributed by atoms with van der Waals surface area (Å²) in [5.41, 5.74) is -0.409. The summed E-state index contributed by atoms with van der Waals surface area (Å²) < 4.78 is 39.4. The van der Waals surface area contributed by atoms with Crippen molar-refractivity contribution in [3.05, 3.63) is 33.9 Å². The molecule has 1 atom stereocenters. The van der Waals surface area contributed by atoms with Gasteiger partial charge < -0.3 is 33.3 Å². The second-order valence-electron chi connectivity index (χ2n) is 11.2. The third kappa shape index (κ3) is 8.14. The Labute approximate surface area is 261 Å². The van der Waals surface area contributed by atoms with Gasteiger partial charge in [-0.3, -0.25) is 14.4 Å². The highest BCUT2D eigenvalue weighted by molar-refractivity contribution is 5.98. The van der Waals surface area contributed by atoms with Gasteiger partial charge in [0.15, 0.2) is 17.7 Å². The molecule has 2 aliphatic heterocycles. The monoisotopic (exact) mass is 623 g/mol. The molecule has 0 amide bonds. The first-order valence-electron chi connectivity index (χ1n) is 15.0. The van der Waals surface area contributed by atoms with Crippen LogP contribution in [0, 0.1) is 30.5 Å². The predicted octanol–water partition coefficient (Wildman–Crippen LogP) is 3.06. The second kappa shape index (κ2) is 15.4. The number of anilines is 1. The number of piperazine rings is 1. The molecule has 0 unspecified atom stereocenters. The van der Waals surface area contributed by atoms with Crippen molar-refractivity contribution >= 4 is 34.5 Å². The maximum Gasteiger partial charge on any atom is 0.344 e. The van der Waals surface area contributed by atoms with Gasteiger partial charge in [0.1, 0.15) is 31.1 Å². The number of hydrogen-bond acceptors (Lipinski definition) is 10. The zero-order valence-corrected chi connectivity index (χ0v) is 25.6. The Morgan fingerprint density at radius 2 is 1.64 bits per heavy atom. The molecule has 1 aromatic heterocycles. The SMILES string of the molecule is C#CCCCC(=O)OCC(COC(=O)CCCC#C)OC(=O)c1cn2c3c(c(N4CCN(C)CC4)c(F)cc3c1=O)OC[C@@H]2C. The lowest BCUT2D eigenvalue weighted by molar-refractivity contribution is -0.152. The molecule has 240 valence electrons. The lowest BCUT2D eigenvalue weighted by atomic mass is 10.1. The number of unbranched alkanes of at least 4 members (excludes halogenated alkanes) is 2. The molecule has 1 saturated heterocycles. The molecule has 12 heteroatoms. The third-order valence-corrected chi connectivity index (χ3v) is 7.72. The van der Waals surface area contributed by atoms with Gasteiger partial charge in [-0.15, -0.1) is 24.7 Å². The fourth-order valence-electron chi connectivity index (χ4n) is 5.20. The van der Waals surface area contributed by atoms with Crippen molar-refractivity contribution in [2.24, 2.45) is 0 Å². The van der Waals surface area contributed by atoms with Gasteiger partial charge in [-0.05, 0) is 32.9 Å². The minimum absolute atomic E-state index is 0.0298. The van der Waals surface area contributed by atoms with Gasteiger partial charge in [0.2, 0.25) is 5.43 Å². The summed E-state index contributed by atoms with van der Waals surface area (Å²) >= 11 is 0. The van der Waals surface area contributed by atoms with Crippen molar-refractivity contribution in [2.75, 3.05) is 57.9 Å². The molecule has 0 saturated carbocycles. The minimum atomic E-state index is -1.21. The van der Waals surface area contributed by atoms with E-state index in [1.54, 1.807) is 4.57 Å². The van der Waals surface area contributed by atoms with E-state index in [0.29, 0.717) is 50.0 Å². The van der Waals surface area contributed by atoms with Crippen LogP contribution in [0.4, 0.5) is 10.1 Å². The molecule has 3 heterocycles. The first-order valence-corrected chi connectivity index (χ1v) is 15.0. The average Bonchev–Trinajstić information content (AvgIpc) is 3.02. The number of carbonyl (C=O) groups is 3. The van der Waals surface area contributed by atoms with E-state index in [4.69, 9.17) is 31.8 Å². The minimum Gasteiger partial charge on any atom is -0.487 e. The van der Waals surface area contributed by atoms with E-state index < -0.39 is 48.5 Å². The van der Waals surface area contributed by atoms with Crippen LogP contribution in [0.5, 0.6) is 5.75 Å². The van der Waals surface area contributed by atoms with E-state index >= 15 is 4.39 Å². The second-order valence-corrected chi connectivity index (χ2v) is 11.2. The third-order valence-electron chi connectivity index (χ3n) is 7.72. The zero-order chi connectivity index (χ0) is 32.5. The molecular weight excluding hydrogens is 585 g/mol.